The van der Waals surface area contributed by atoms with Crippen molar-refractivity contribution in [2.75, 3.05) is 51.2 Å². The molecule has 0 aliphatic rings. The summed E-state index contributed by atoms with van der Waals surface area (Å²) in [4.78, 5) is 10.3. The Hall–Kier alpha value is -1.11. The summed E-state index contributed by atoms with van der Waals surface area (Å²) < 4.78 is 10.2. The molecule has 0 atom stereocenters. The molecule has 0 bridgehead atoms. The number of nitrogens with two attached hydrogens (primary N) is 1. The highest BCUT2D eigenvalue weighted by Crippen LogP contribution is 2.24. The number of hydrogen-bond acceptors (Lipinski definition) is 6. The van der Waals surface area contributed by atoms with Crippen LogP contribution in [0, 0.1) is 6.92 Å². The van der Waals surface area contributed by atoms with E-state index in [1.807, 2.05) is 11.8 Å². The third kappa shape index (κ3) is 4.81. The van der Waals surface area contributed by atoms with Crippen molar-refractivity contribution < 1.29 is 9.47 Å². The van der Waals surface area contributed by atoms with Gasteiger partial charge in [0.2, 0.25) is 5.28 Å². The van der Waals surface area contributed by atoms with Gasteiger partial charge in [0.25, 0.3) is 0 Å². The van der Waals surface area contributed by atoms with E-state index in [9.17, 15) is 0 Å². The first-order valence-electron chi connectivity index (χ1n) is 6.12. The highest BCUT2D eigenvalue weighted by molar-refractivity contribution is 6.28. The van der Waals surface area contributed by atoms with Gasteiger partial charge in [-0.3, -0.25) is 0 Å². The van der Waals surface area contributed by atoms with Crippen LogP contribution in [0.2, 0.25) is 5.28 Å². The maximum atomic E-state index is 6.03. The van der Waals surface area contributed by atoms with Crippen molar-refractivity contribution in [2.24, 2.45) is 0 Å². The Kier molecular flexibility index (Phi) is 6.83. The van der Waals surface area contributed by atoms with Crippen molar-refractivity contribution >= 4 is 23.1 Å². The summed E-state index contributed by atoms with van der Waals surface area (Å²) in [6.07, 6.45) is 0.875. The van der Waals surface area contributed by atoms with Crippen molar-refractivity contribution in [1.82, 2.24) is 9.97 Å². The molecule has 1 aromatic heterocycles. The fourth-order valence-corrected chi connectivity index (χ4v) is 1.91. The predicted octanol–water partition coefficient (Wildman–Crippen LogP) is 1.51. The van der Waals surface area contributed by atoms with Gasteiger partial charge >= 0.3 is 0 Å². The Morgan fingerprint density at radius 3 is 2.47 bits per heavy atom. The molecule has 6 nitrogen and oxygen atoms in total. The quantitative estimate of drug-likeness (QED) is 0.577. The number of nitrogens with zero attached hydrogens (tertiary/aromatic N) is 3. The second-order valence-electron chi connectivity index (χ2n) is 4.14. The highest BCUT2D eigenvalue weighted by atomic mass is 35.5. The third-order valence-electron chi connectivity index (χ3n) is 2.73. The van der Waals surface area contributed by atoms with Crippen molar-refractivity contribution in [2.45, 2.75) is 13.3 Å². The average molecular weight is 289 g/mol. The lowest BCUT2D eigenvalue weighted by atomic mass is 10.3. The van der Waals surface area contributed by atoms with Gasteiger partial charge in [-0.05, 0) is 24.9 Å². The van der Waals surface area contributed by atoms with Crippen LogP contribution >= 0.6 is 11.6 Å². The molecule has 2 N–H and O–H groups in total. The molecule has 1 aromatic rings. The summed E-state index contributed by atoms with van der Waals surface area (Å²) in [6.45, 7) is 4.55. The number of aromatic nitrogens is 2. The number of halogens is 1. The van der Waals surface area contributed by atoms with Crippen LogP contribution in [0.1, 0.15) is 12.1 Å². The molecule has 0 saturated heterocycles. The molecule has 108 valence electrons. The summed E-state index contributed by atoms with van der Waals surface area (Å²) in [6, 6.07) is 0. The molecule has 0 fully saturated rings. The Bertz CT molecular complexity index is 404. The Labute approximate surface area is 118 Å². The lowest BCUT2D eigenvalue weighted by Gasteiger charge is -2.25. The molecule has 1 heterocycles. The van der Waals surface area contributed by atoms with Crippen molar-refractivity contribution in [3.8, 4) is 0 Å². The van der Waals surface area contributed by atoms with Crippen LogP contribution < -0.4 is 10.6 Å². The maximum absolute atomic E-state index is 6.03. The topological polar surface area (TPSA) is 73.5 Å². The minimum atomic E-state index is 0.204. The van der Waals surface area contributed by atoms with E-state index in [0.717, 1.165) is 13.0 Å². The number of rotatable bonds is 8. The molecular formula is C12H21ClN4O2. The molecule has 0 radical (unpaired) electrons. The van der Waals surface area contributed by atoms with E-state index >= 15 is 0 Å². The van der Waals surface area contributed by atoms with Gasteiger partial charge < -0.3 is 20.1 Å². The molecular weight excluding hydrogens is 268 g/mol. The second-order valence-corrected chi connectivity index (χ2v) is 4.48. The zero-order valence-corrected chi connectivity index (χ0v) is 12.4. The Morgan fingerprint density at radius 1 is 1.16 bits per heavy atom. The number of ether oxygens (including phenoxy) is 2. The van der Waals surface area contributed by atoms with Crippen LogP contribution in [0.4, 0.5) is 11.5 Å². The van der Waals surface area contributed by atoms with Gasteiger partial charge in [0.05, 0.1) is 18.0 Å². The van der Waals surface area contributed by atoms with E-state index in [4.69, 9.17) is 26.8 Å². The van der Waals surface area contributed by atoms with Crippen LogP contribution in [-0.2, 0) is 9.47 Å². The first-order chi connectivity index (χ1) is 9.10. The molecule has 0 spiro atoms. The summed E-state index contributed by atoms with van der Waals surface area (Å²) in [7, 11) is 3.34. The number of anilines is 2. The van der Waals surface area contributed by atoms with Crippen molar-refractivity contribution in [1.29, 1.82) is 0 Å². The first kappa shape index (κ1) is 15.9. The van der Waals surface area contributed by atoms with E-state index in [1.165, 1.54) is 0 Å². The van der Waals surface area contributed by atoms with E-state index in [1.54, 1.807) is 14.2 Å². The van der Waals surface area contributed by atoms with Crippen molar-refractivity contribution in [3.05, 3.63) is 11.0 Å². The molecule has 0 aliphatic carbocycles. The summed E-state index contributed by atoms with van der Waals surface area (Å²) in [5, 5.41) is 0.204. The van der Waals surface area contributed by atoms with Gasteiger partial charge in [-0.1, -0.05) is 0 Å². The average Bonchev–Trinajstić information content (AvgIpc) is 2.38. The molecule has 0 aromatic carbocycles. The fourth-order valence-electron chi connectivity index (χ4n) is 1.70. The smallest absolute Gasteiger partial charge is 0.224 e. The zero-order valence-electron chi connectivity index (χ0n) is 11.6. The van der Waals surface area contributed by atoms with Crippen LogP contribution in [0.25, 0.3) is 0 Å². The second kappa shape index (κ2) is 8.14. The van der Waals surface area contributed by atoms with E-state index in [-0.39, 0.29) is 5.28 Å². The van der Waals surface area contributed by atoms with Gasteiger partial charge in [-0.2, -0.15) is 4.98 Å². The van der Waals surface area contributed by atoms with Crippen LogP contribution in [-0.4, -0.2) is 50.5 Å². The van der Waals surface area contributed by atoms with Gasteiger partial charge in [0.1, 0.15) is 0 Å². The van der Waals surface area contributed by atoms with E-state index in [2.05, 4.69) is 9.97 Å². The summed E-state index contributed by atoms with van der Waals surface area (Å²) in [5.74, 6) is 0.658. The standard InChI is InChI=1S/C12H21ClN4O2/c1-9-10(14)11(16-12(13)15-9)17(6-8-19-3)5-4-7-18-2/h4-8,14H2,1-3H3. The lowest BCUT2D eigenvalue weighted by Crippen LogP contribution is -2.31. The fraction of sp³-hybridized carbons (Fsp3) is 0.667. The van der Waals surface area contributed by atoms with E-state index in [0.29, 0.717) is 37.0 Å². The zero-order chi connectivity index (χ0) is 14.3. The normalized spacial score (nSPS) is 10.7. The molecule has 0 aliphatic heterocycles. The van der Waals surface area contributed by atoms with Crippen LogP contribution in [0.5, 0.6) is 0 Å². The summed E-state index contributed by atoms with van der Waals surface area (Å²) in [5.41, 5.74) is 7.27. The van der Waals surface area contributed by atoms with Gasteiger partial charge in [-0.25, -0.2) is 4.98 Å². The highest BCUT2D eigenvalue weighted by Gasteiger charge is 2.15. The van der Waals surface area contributed by atoms with Crippen LogP contribution in [0.3, 0.4) is 0 Å². The van der Waals surface area contributed by atoms with Crippen molar-refractivity contribution in [3.63, 3.8) is 0 Å². The minimum Gasteiger partial charge on any atom is -0.394 e. The Balaban J connectivity index is 2.88. The monoisotopic (exact) mass is 288 g/mol. The van der Waals surface area contributed by atoms with Crippen LogP contribution in [0.15, 0.2) is 0 Å². The lowest BCUT2D eigenvalue weighted by molar-refractivity contribution is 0.191. The number of hydrogen-bond donors (Lipinski definition) is 1. The minimum absolute atomic E-state index is 0.204. The first-order valence-corrected chi connectivity index (χ1v) is 6.50. The van der Waals surface area contributed by atoms with Gasteiger partial charge in [0, 0.05) is 33.9 Å². The number of methoxy groups -OCH3 is 2. The van der Waals surface area contributed by atoms with Gasteiger partial charge in [-0.15, -0.1) is 0 Å². The molecule has 0 amide bonds. The molecule has 7 heteroatoms. The third-order valence-corrected chi connectivity index (χ3v) is 2.90. The summed E-state index contributed by atoms with van der Waals surface area (Å²) >= 11 is 5.90. The number of nitrogen functional groups attached to an aromatic ring is 1. The molecule has 19 heavy (non-hydrogen) atoms. The molecule has 1 rings (SSSR count). The SMILES string of the molecule is COCCCN(CCOC)c1nc(Cl)nc(C)c1N. The van der Waals surface area contributed by atoms with E-state index < -0.39 is 0 Å². The molecule has 0 saturated carbocycles. The number of aryl methyl sites for hydroxylation is 1. The predicted molar refractivity (Wildman–Crippen MR) is 76.8 cm³/mol. The van der Waals surface area contributed by atoms with Gasteiger partial charge in [0.15, 0.2) is 5.82 Å². The molecule has 0 unspecified atom stereocenters. The largest absolute Gasteiger partial charge is 0.394 e. The maximum Gasteiger partial charge on any atom is 0.224 e. The Morgan fingerprint density at radius 2 is 1.84 bits per heavy atom.